The van der Waals surface area contributed by atoms with E-state index in [0.29, 0.717) is 12.1 Å². The summed E-state index contributed by atoms with van der Waals surface area (Å²) < 4.78 is 5.98. The number of hydrogen-bond acceptors (Lipinski definition) is 5. The minimum atomic E-state index is -1.12. The van der Waals surface area contributed by atoms with Crippen molar-refractivity contribution in [3.05, 3.63) is 28.7 Å². The number of halogens is 1. The molecule has 0 spiro atoms. The van der Waals surface area contributed by atoms with Crippen LogP contribution in [0.4, 0.5) is 5.69 Å². The quantitative estimate of drug-likeness (QED) is 0.480. The van der Waals surface area contributed by atoms with Crippen molar-refractivity contribution in [1.29, 1.82) is 0 Å². The number of benzene rings is 1. The zero-order chi connectivity index (χ0) is 22.1. The number of hydrogen-bond donors (Lipinski definition) is 2. The molecule has 1 amide bonds. The molecule has 0 aliphatic heterocycles. The van der Waals surface area contributed by atoms with Crippen LogP contribution < -0.4 is 10.2 Å². The fourth-order valence-corrected chi connectivity index (χ4v) is 3.20. The number of anilines is 1. The fraction of sp³-hybridized carbons (Fsp3) is 0.571. The molecule has 29 heavy (non-hydrogen) atoms. The van der Waals surface area contributed by atoms with Crippen LogP contribution in [0.1, 0.15) is 41.0 Å². The van der Waals surface area contributed by atoms with Gasteiger partial charge in [0, 0.05) is 10.2 Å². The zero-order valence-electron chi connectivity index (χ0n) is 17.6. The highest BCUT2D eigenvalue weighted by Gasteiger charge is 2.33. The summed E-state index contributed by atoms with van der Waals surface area (Å²) in [4.78, 5) is 38.4. The highest BCUT2D eigenvalue weighted by Crippen LogP contribution is 2.21. The summed E-state index contributed by atoms with van der Waals surface area (Å²) in [7, 11) is 0. The third kappa shape index (κ3) is 8.14. The second-order valence-corrected chi connectivity index (χ2v) is 8.53. The number of carboxylic acid groups (broad SMARTS) is 1. The van der Waals surface area contributed by atoms with Crippen LogP contribution in [0.2, 0.25) is 0 Å². The number of nitrogens with one attached hydrogen (secondary N) is 1. The van der Waals surface area contributed by atoms with Crippen molar-refractivity contribution in [2.45, 2.75) is 53.1 Å². The Balaban J connectivity index is 3.19. The van der Waals surface area contributed by atoms with E-state index in [0.717, 1.165) is 4.47 Å². The van der Waals surface area contributed by atoms with Crippen molar-refractivity contribution in [3.8, 4) is 0 Å². The van der Waals surface area contributed by atoms with E-state index in [4.69, 9.17) is 4.74 Å². The van der Waals surface area contributed by atoms with E-state index >= 15 is 0 Å². The van der Waals surface area contributed by atoms with Crippen molar-refractivity contribution in [2.24, 2.45) is 11.8 Å². The van der Waals surface area contributed by atoms with Crippen LogP contribution in [0, 0.1) is 11.8 Å². The first-order chi connectivity index (χ1) is 13.6. The Bertz CT molecular complexity index is 691. The lowest BCUT2D eigenvalue weighted by Gasteiger charge is -2.32. The van der Waals surface area contributed by atoms with E-state index in [1.165, 1.54) is 4.90 Å². The first-order valence-corrected chi connectivity index (χ1v) is 10.6. The summed E-state index contributed by atoms with van der Waals surface area (Å²) in [6.07, 6.45) is 0.506. The largest absolute Gasteiger partial charge is 0.480 e. The van der Waals surface area contributed by atoms with Crippen molar-refractivity contribution < 1.29 is 24.2 Å². The Morgan fingerprint density at radius 2 is 1.72 bits per heavy atom. The Morgan fingerprint density at radius 1 is 1.14 bits per heavy atom. The highest BCUT2D eigenvalue weighted by molar-refractivity contribution is 9.10. The molecule has 0 bridgehead atoms. The maximum Gasteiger partial charge on any atom is 0.323 e. The number of carbonyl (C=O) groups is 3. The Kier molecular flexibility index (Phi) is 10.3. The minimum absolute atomic E-state index is 0.168. The summed E-state index contributed by atoms with van der Waals surface area (Å²) in [6.45, 7) is 9.19. The smallest absolute Gasteiger partial charge is 0.323 e. The molecule has 1 aromatic carbocycles. The first kappa shape index (κ1) is 25.1. The van der Waals surface area contributed by atoms with Crippen molar-refractivity contribution in [1.82, 2.24) is 5.32 Å². The summed E-state index contributed by atoms with van der Waals surface area (Å²) in [5.41, 5.74) is 0.476. The molecule has 0 radical (unpaired) electrons. The average Bonchev–Trinajstić information content (AvgIpc) is 2.62. The molecular weight excluding hydrogens is 440 g/mol. The van der Waals surface area contributed by atoms with Gasteiger partial charge in [0.2, 0.25) is 5.91 Å². The van der Waals surface area contributed by atoms with E-state index in [2.05, 4.69) is 21.2 Å². The molecule has 7 nitrogen and oxygen atoms in total. The van der Waals surface area contributed by atoms with Crippen molar-refractivity contribution in [3.63, 3.8) is 0 Å². The van der Waals surface area contributed by atoms with Crippen LogP contribution in [0.3, 0.4) is 0 Å². The molecule has 0 aliphatic rings. The Hall–Kier alpha value is -1.93. The van der Waals surface area contributed by atoms with Crippen LogP contribution in [0.5, 0.6) is 0 Å². The first-order valence-electron chi connectivity index (χ1n) is 9.78. The molecular formula is C21H31BrN2O5. The molecule has 162 valence electrons. The number of ether oxygens (including phenoxy) is 1. The van der Waals surface area contributed by atoms with E-state index in [9.17, 15) is 19.5 Å². The SMILES string of the molecule is CCOC(=O)C(CC(C)C)NC(C(=O)N(CC(=O)O)c1ccc(Br)cc1)C(C)C. The van der Waals surface area contributed by atoms with Gasteiger partial charge in [-0.15, -0.1) is 0 Å². The molecule has 0 aliphatic carbocycles. The number of aliphatic carboxylic acids is 1. The van der Waals surface area contributed by atoms with Gasteiger partial charge in [-0.25, -0.2) is 0 Å². The lowest BCUT2D eigenvalue weighted by Crippen LogP contribution is -2.56. The second kappa shape index (κ2) is 11.9. The third-order valence-electron chi connectivity index (χ3n) is 4.29. The van der Waals surface area contributed by atoms with E-state index in [1.807, 2.05) is 27.7 Å². The standard InChI is InChI=1S/C21H31BrN2O5/c1-6-29-21(28)17(11-13(2)3)23-19(14(4)5)20(27)24(12-18(25)26)16-9-7-15(22)8-10-16/h7-10,13-14,17,19,23H,6,11-12H2,1-5H3,(H,25,26). The van der Waals surface area contributed by atoms with Gasteiger partial charge in [-0.1, -0.05) is 43.6 Å². The van der Waals surface area contributed by atoms with E-state index in [1.54, 1.807) is 31.2 Å². The zero-order valence-corrected chi connectivity index (χ0v) is 19.2. The van der Waals surface area contributed by atoms with Crippen molar-refractivity contribution in [2.75, 3.05) is 18.1 Å². The number of nitrogens with zero attached hydrogens (tertiary/aromatic N) is 1. The predicted octanol–water partition coefficient (Wildman–Crippen LogP) is 3.46. The third-order valence-corrected chi connectivity index (χ3v) is 4.82. The average molecular weight is 471 g/mol. The maximum absolute atomic E-state index is 13.3. The van der Waals surface area contributed by atoms with Gasteiger partial charge >= 0.3 is 11.9 Å². The topological polar surface area (TPSA) is 95.9 Å². The van der Waals surface area contributed by atoms with Gasteiger partial charge in [0.1, 0.15) is 12.6 Å². The lowest BCUT2D eigenvalue weighted by molar-refractivity contribution is -0.146. The minimum Gasteiger partial charge on any atom is -0.480 e. The van der Waals surface area contributed by atoms with Gasteiger partial charge in [-0.3, -0.25) is 24.6 Å². The molecule has 0 heterocycles. The van der Waals surface area contributed by atoms with Gasteiger partial charge in [-0.05, 0) is 49.4 Å². The number of amides is 1. The molecule has 0 saturated carbocycles. The Morgan fingerprint density at radius 3 is 2.17 bits per heavy atom. The van der Waals surface area contributed by atoms with E-state index in [-0.39, 0.29) is 18.4 Å². The molecule has 1 aromatic rings. The molecule has 2 atom stereocenters. The van der Waals surface area contributed by atoms with E-state index < -0.39 is 36.5 Å². The Labute approximate surface area is 180 Å². The fourth-order valence-electron chi connectivity index (χ4n) is 2.93. The van der Waals surface area contributed by atoms with Crippen LogP contribution >= 0.6 is 15.9 Å². The van der Waals surface area contributed by atoms with Gasteiger partial charge in [-0.2, -0.15) is 0 Å². The molecule has 0 aromatic heterocycles. The van der Waals surface area contributed by atoms with Crippen molar-refractivity contribution >= 4 is 39.5 Å². The van der Waals surface area contributed by atoms with Gasteiger partial charge in [0.05, 0.1) is 12.6 Å². The lowest BCUT2D eigenvalue weighted by atomic mass is 9.97. The van der Waals surface area contributed by atoms with Crippen LogP contribution in [0.15, 0.2) is 28.7 Å². The summed E-state index contributed by atoms with van der Waals surface area (Å²) in [5.74, 6) is -1.89. The second-order valence-electron chi connectivity index (χ2n) is 7.62. The number of esters is 1. The molecule has 0 saturated heterocycles. The molecule has 0 fully saturated rings. The molecule has 1 rings (SSSR count). The monoisotopic (exact) mass is 470 g/mol. The van der Waals surface area contributed by atoms with Gasteiger partial charge in [0.25, 0.3) is 0 Å². The summed E-state index contributed by atoms with van der Waals surface area (Å²) in [6, 6.07) is 5.46. The molecule has 8 heteroatoms. The van der Waals surface area contributed by atoms with Gasteiger partial charge < -0.3 is 9.84 Å². The predicted molar refractivity (Wildman–Crippen MR) is 116 cm³/mol. The summed E-state index contributed by atoms with van der Waals surface area (Å²) in [5, 5.41) is 12.5. The van der Waals surface area contributed by atoms with Crippen LogP contribution in [-0.2, 0) is 19.1 Å². The number of rotatable bonds is 11. The number of carbonyl (C=O) groups excluding carboxylic acids is 2. The summed E-state index contributed by atoms with van der Waals surface area (Å²) >= 11 is 3.34. The molecule has 2 unspecified atom stereocenters. The highest BCUT2D eigenvalue weighted by atomic mass is 79.9. The normalized spacial score (nSPS) is 13.2. The van der Waals surface area contributed by atoms with Crippen LogP contribution in [0.25, 0.3) is 0 Å². The van der Waals surface area contributed by atoms with Gasteiger partial charge in [0.15, 0.2) is 0 Å². The molecule has 2 N–H and O–H groups in total. The maximum atomic E-state index is 13.3. The van der Waals surface area contributed by atoms with Crippen LogP contribution in [-0.4, -0.2) is 48.2 Å². The number of carboxylic acids is 1.